The van der Waals surface area contributed by atoms with Crippen molar-refractivity contribution < 1.29 is 18.3 Å². The molecule has 1 N–H and O–H groups in total. The van der Waals surface area contributed by atoms with Gasteiger partial charge in [-0.15, -0.1) is 0 Å². The van der Waals surface area contributed by atoms with E-state index in [0.29, 0.717) is 36.8 Å². The van der Waals surface area contributed by atoms with E-state index in [9.17, 15) is 13.6 Å². The summed E-state index contributed by atoms with van der Waals surface area (Å²) in [7, 11) is 1.96. The Morgan fingerprint density at radius 1 is 1.17 bits per heavy atom. The van der Waals surface area contributed by atoms with Gasteiger partial charge in [0.1, 0.15) is 11.6 Å². The molecule has 4 heterocycles. The van der Waals surface area contributed by atoms with Crippen LogP contribution in [0.25, 0.3) is 0 Å². The van der Waals surface area contributed by atoms with E-state index in [-0.39, 0.29) is 23.8 Å². The normalized spacial score (nSPS) is 29.2. The fourth-order valence-electron chi connectivity index (χ4n) is 6.95. The fraction of sp³-hybridized carbons (Fsp3) is 0.594. The molecule has 2 saturated heterocycles. The molecule has 0 unspecified atom stereocenters. The number of allylic oxidation sites excluding steroid dienone is 2. The van der Waals surface area contributed by atoms with Crippen molar-refractivity contribution in [3.8, 4) is 0 Å². The maximum atomic E-state index is 14.6. The summed E-state index contributed by atoms with van der Waals surface area (Å²) >= 11 is 0. The quantitative estimate of drug-likeness (QED) is 0.564. The average Bonchev–Trinajstić information content (AvgIpc) is 3.17. The van der Waals surface area contributed by atoms with Crippen molar-refractivity contribution in [1.29, 1.82) is 0 Å². The molecule has 0 bridgehead atoms. The molecule has 224 valence electrons. The second-order valence-corrected chi connectivity index (χ2v) is 13.0. The minimum Gasteiger partial charge on any atom is -0.378 e. The lowest BCUT2D eigenvalue weighted by Crippen LogP contribution is -2.63. The topological polar surface area (TPSA) is 51.3 Å². The Bertz CT molecular complexity index is 1250. The highest BCUT2D eigenvalue weighted by Crippen LogP contribution is 2.46. The number of carbonyl (C=O) groups excluding carboxylic acids is 1. The molecule has 2 fully saturated rings. The van der Waals surface area contributed by atoms with Gasteiger partial charge in [0.15, 0.2) is 0 Å². The molecule has 5 rings (SSSR count). The van der Waals surface area contributed by atoms with E-state index in [1.165, 1.54) is 12.1 Å². The number of nitrogens with zero attached hydrogens (tertiary/aromatic N) is 4. The van der Waals surface area contributed by atoms with Gasteiger partial charge in [-0.25, -0.2) is 8.78 Å². The summed E-state index contributed by atoms with van der Waals surface area (Å²) in [5, 5.41) is 3.62. The van der Waals surface area contributed by atoms with E-state index >= 15 is 0 Å². The predicted molar refractivity (Wildman–Crippen MR) is 157 cm³/mol. The van der Waals surface area contributed by atoms with Crippen LogP contribution in [0.1, 0.15) is 40.2 Å². The molecule has 7 nitrogen and oxygen atoms in total. The minimum absolute atomic E-state index is 0.0646. The maximum absolute atomic E-state index is 14.6. The first kappa shape index (κ1) is 29.9. The number of halogens is 2. The van der Waals surface area contributed by atoms with Gasteiger partial charge in [0, 0.05) is 86.7 Å². The molecular weight excluding hydrogens is 524 g/mol. The lowest BCUT2D eigenvalue weighted by atomic mass is 9.87. The number of ether oxygens (including phenoxy) is 1. The number of benzene rings is 1. The van der Waals surface area contributed by atoms with Crippen LogP contribution in [-0.4, -0.2) is 103 Å². The summed E-state index contributed by atoms with van der Waals surface area (Å²) in [5.74, 6) is -1.12. The zero-order chi connectivity index (χ0) is 29.6. The van der Waals surface area contributed by atoms with Crippen LogP contribution in [0.15, 0.2) is 53.5 Å². The number of carbonyl (C=O) groups is 1. The van der Waals surface area contributed by atoms with E-state index in [2.05, 4.69) is 56.3 Å². The molecule has 0 aliphatic carbocycles. The lowest BCUT2D eigenvalue weighted by Gasteiger charge is -2.46. The summed E-state index contributed by atoms with van der Waals surface area (Å²) in [5.41, 5.74) is 3.59. The second-order valence-electron chi connectivity index (χ2n) is 13.0. The summed E-state index contributed by atoms with van der Waals surface area (Å²) < 4.78 is 33.8. The number of nitrogens with one attached hydrogen (secondary N) is 1. The largest absolute Gasteiger partial charge is 0.378 e. The Morgan fingerprint density at radius 2 is 1.88 bits per heavy atom. The van der Waals surface area contributed by atoms with Gasteiger partial charge in [-0.2, -0.15) is 0 Å². The van der Waals surface area contributed by atoms with Gasteiger partial charge >= 0.3 is 0 Å². The summed E-state index contributed by atoms with van der Waals surface area (Å²) in [6, 6.07) is 4.84. The number of piperazine rings is 1. The minimum atomic E-state index is -0.600. The zero-order valence-electron chi connectivity index (χ0n) is 25.3. The van der Waals surface area contributed by atoms with Crippen molar-refractivity contribution in [2.75, 3.05) is 53.0 Å². The van der Waals surface area contributed by atoms with Crippen LogP contribution in [-0.2, 0) is 16.0 Å². The van der Waals surface area contributed by atoms with Crippen LogP contribution in [0, 0.1) is 17.0 Å². The predicted octanol–water partition coefficient (Wildman–Crippen LogP) is 3.74. The third-order valence-corrected chi connectivity index (χ3v) is 9.18. The molecule has 0 saturated carbocycles. The van der Waals surface area contributed by atoms with Crippen molar-refractivity contribution in [1.82, 2.24) is 24.9 Å². The molecule has 9 heteroatoms. The van der Waals surface area contributed by atoms with Crippen molar-refractivity contribution in [3.05, 3.63) is 70.7 Å². The van der Waals surface area contributed by atoms with E-state index in [1.807, 2.05) is 22.9 Å². The molecule has 1 aromatic rings. The van der Waals surface area contributed by atoms with E-state index in [4.69, 9.17) is 4.74 Å². The molecule has 4 aliphatic rings. The molecule has 41 heavy (non-hydrogen) atoms. The van der Waals surface area contributed by atoms with Crippen LogP contribution in [0.2, 0.25) is 0 Å². The number of rotatable bonds is 6. The van der Waals surface area contributed by atoms with Crippen molar-refractivity contribution in [3.63, 3.8) is 0 Å². The first-order chi connectivity index (χ1) is 19.4. The Hall–Kier alpha value is -2.59. The van der Waals surface area contributed by atoms with Crippen LogP contribution in [0.4, 0.5) is 8.78 Å². The molecule has 0 spiro atoms. The second kappa shape index (κ2) is 11.6. The highest BCUT2D eigenvalue weighted by Gasteiger charge is 2.45. The average molecular weight is 570 g/mol. The fourth-order valence-corrected chi connectivity index (χ4v) is 6.95. The standard InChI is InChI=1S/C32H45F2N5O2/c1-20-14-37(27(13-35-20)15-38-21(2)17-41-18-22(38)3)16-30(40)39-19-32(5,6)31-29(39)11-25(23(4)36(31)7)10-24-8-9-26(33)12-28(24)34/h8-9,11-12,20-22,27,35H,4,10,13-19H2,1-3,5-7H3/t20-,21-,22-,27-/m1/s1. The van der Waals surface area contributed by atoms with Crippen LogP contribution in [0.5, 0.6) is 0 Å². The van der Waals surface area contributed by atoms with Gasteiger partial charge in [-0.1, -0.05) is 26.5 Å². The van der Waals surface area contributed by atoms with Crippen molar-refractivity contribution in [2.45, 2.75) is 65.2 Å². The highest BCUT2D eigenvalue weighted by atomic mass is 19.1. The number of amides is 1. The van der Waals surface area contributed by atoms with E-state index in [0.717, 1.165) is 61.6 Å². The van der Waals surface area contributed by atoms with Gasteiger partial charge in [0.25, 0.3) is 0 Å². The Morgan fingerprint density at radius 3 is 2.56 bits per heavy atom. The molecule has 4 aliphatic heterocycles. The van der Waals surface area contributed by atoms with Crippen molar-refractivity contribution >= 4 is 5.91 Å². The smallest absolute Gasteiger partial charge is 0.241 e. The summed E-state index contributed by atoms with van der Waals surface area (Å²) in [6.07, 6.45) is 2.25. The number of hydrogen-bond acceptors (Lipinski definition) is 6. The molecule has 1 aromatic carbocycles. The van der Waals surface area contributed by atoms with Crippen LogP contribution < -0.4 is 5.32 Å². The summed E-state index contributed by atoms with van der Waals surface area (Å²) in [6.45, 7) is 20.0. The molecular formula is C32H45F2N5O2. The van der Waals surface area contributed by atoms with Gasteiger partial charge in [0.05, 0.1) is 25.5 Å². The van der Waals surface area contributed by atoms with E-state index < -0.39 is 11.6 Å². The van der Waals surface area contributed by atoms with Gasteiger partial charge < -0.3 is 19.9 Å². The summed E-state index contributed by atoms with van der Waals surface area (Å²) in [4.78, 5) is 22.9. The monoisotopic (exact) mass is 569 g/mol. The first-order valence-electron chi connectivity index (χ1n) is 14.8. The molecule has 1 amide bonds. The maximum Gasteiger partial charge on any atom is 0.241 e. The molecule has 0 aromatic heterocycles. The van der Waals surface area contributed by atoms with Crippen LogP contribution in [0.3, 0.4) is 0 Å². The Kier molecular flexibility index (Phi) is 8.45. The first-order valence-corrected chi connectivity index (χ1v) is 14.8. The molecule has 4 atom stereocenters. The number of hydrogen-bond donors (Lipinski definition) is 1. The number of morpholine rings is 1. The lowest BCUT2D eigenvalue weighted by molar-refractivity contribution is -0.132. The molecule has 0 radical (unpaired) electrons. The van der Waals surface area contributed by atoms with Gasteiger partial charge in [-0.05, 0) is 44.1 Å². The SMILES string of the molecule is C=C1C(Cc2ccc(F)cc2F)=CC2=C(N1C)C(C)(C)CN2C(=O)CN1C[C@@H](C)NC[C@@H]1CN1[C@H](C)COC[C@H]1C. The van der Waals surface area contributed by atoms with Gasteiger partial charge in [0.2, 0.25) is 5.91 Å². The van der Waals surface area contributed by atoms with Crippen molar-refractivity contribution in [2.24, 2.45) is 5.41 Å². The van der Waals surface area contributed by atoms with Gasteiger partial charge in [-0.3, -0.25) is 14.6 Å². The third-order valence-electron chi connectivity index (χ3n) is 9.18. The number of likely N-dealkylation sites (N-methyl/N-ethyl adjacent to an activating group) is 1. The zero-order valence-corrected chi connectivity index (χ0v) is 25.3. The van der Waals surface area contributed by atoms with E-state index in [1.54, 1.807) is 0 Å². The Balaban J connectivity index is 1.38. The third kappa shape index (κ3) is 6.00. The highest BCUT2D eigenvalue weighted by molar-refractivity contribution is 5.82. The Labute approximate surface area is 243 Å². The van der Waals surface area contributed by atoms with Crippen LogP contribution >= 0.6 is 0 Å².